The fourth-order valence-electron chi connectivity index (χ4n) is 8.17. The van der Waals surface area contributed by atoms with E-state index in [0.29, 0.717) is 17.5 Å². The first-order valence-electron chi connectivity index (χ1n) is 16.8. The Kier molecular flexibility index (Phi) is 5.47. The highest BCUT2D eigenvalue weighted by atomic mass is 16.5. The van der Waals surface area contributed by atoms with Gasteiger partial charge < -0.3 is 4.74 Å². The number of nitrogens with zero attached hydrogens (tertiary/aromatic N) is 3. The van der Waals surface area contributed by atoms with Crippen molar-refractivity contribution in [1.29, 1.82) is 0 Å². The summed E-state index contributed by atoms with van der Waals surface area (Å²) in [7, 11) is 0. The monoisotopic (exact) mass is 625 g/mol. The number of benzene rings is 7. The van der Waals surface area contributed by atoms with Crippen LogP contribution in [-0.4, -0.2) is 21.1 Å². The van der Waals surface area contributed by atoms with Gasteiger partial charge in [0, 0.05) is 22.3 Å². The summed E-state index contributed by atoms with van der Waals surface area (Å²) in [5.74, 6) is 2.85. The van der Waals surface area contributed by atoms with Gasteiger partial charge in [0.15, 0.2) is 17.5 Å². The average molecular weight is 626 g/mol. The van der Waals surface area contributed by atoms with Gasteiger partial charge in [-0.3, -0.25) is 0 Å². The predicted molar refractivity (Wildman–Crippen MR) is 198 cm³/mol. The number of fused-ring (bicyclic) bond motifs is 9. The Hall–Kier alpha value is -6.39. The van der Waals surface area contributed by atoms with Crippen LogP contribution in [-0.2, 0) is 0 Å². The molecule has 2 aliphatic carbocycles. The molecule has 0 saturated heterocycles. The molecule has 0 radical (unpaired) electrons. The van der Waals surface area contributed by atoms with E-state index in [1.165, 1.54) is 54.6 Å². The maximum atomic E-state index is 6.63. The maximum absolute atomic E-state index is 6.63. The molecule has 4 nitrogen and oxygen atoms in total. The molecule has 1 aliphatic heterocycles. The molecule has 228 valence electrons. The average Bonchev–Trinajstić information content (AvgIpc) is 3.70. The van der Waals surface area contributed by atoms with Gasteiger partial charge in [0.2, 0.25) is 0 Å². The second-order valence-corrected chi connectivity index (χ2v) is 13.1. The lowest BCUT2D eigenvalue weighted by molar-refractivity contribution is 0.271. The summed E-state index contributed by atoms with van der Waals surface area (Å²) >= 11 is 0. The maximum Gasteiger partial charge on any atom is 0.164 e. The summed E-state index contributed by atoms with van der Waals surface area (Å²) in [6, 6.07) is 47.4. The van der Waals surface area contributed by atoms with E-state index in [2.05, 4.69) is 133 Å². The third-order valence-corrected chi connectivity index (χ3v) is 10.4. The van der Waals surface area contributed by atoms with Crippen molar-refractivity contribution in [3.8, 4) is 50.8 Å². The number of hydrogen-bond donors (Lipinski definition) is 0. The van der Waals surface area contributed by atoms with Crippen molar-refractivity contribution in [3.63, 3.8) is 0 Å². The van der Waals surface area contributed by atoms with Crippen molar-refractivity contribution in [2.45, 2.75) is 12.0 Å². The van der Waals surface area contributed by atoms with E-state index in [1.807, 2.05) is 18.2 Å². The van der Waals surface area contributed by atoms with Gasteiger partial charge in [-0.1, -0.05) is 121 Å². The highest BCUT2D eigenvalue weighted by molar-refractivity contribution is 6.16. The van der Waals surface area contributed by atoms with Gasteiger partial charge in [-0.05, 0) is 84.9 Å². The normalized spacial score (nSPS) is 16.8. The Morgan fingerprint density at radius 2 is 1.20 bits per heavy atom. The molecular weight excluding hydrogens is 599 g/mol. The summed E-state index contributed by atoms with van der Waals surface area (Å²) in [6.07, 6.45) is 6.24. The van der Waals surface area contributed by atoms with Crippen LogP contribution in [0.1, 0.15) is 17.3 Å². The van der Waals surface area contributed by atoms with Crippen LogP contribution in [0.4, 0.5) is 0 Å². The smallest absolute Gasteiger partial charge is 0.164 e. The first-order chi connectivity index (χ1) is 24.3. The lowest BCUT2D eigenvalue weighted by Crippen LogP contribution is -2.20. The van der Waals surface area contributed by atoms with Crippen molar-refractivity contribution in [2.24, 2.45) is 0 Å². The number of aromatic nitrogens is 3. The van der Waals surface area contributed by atoms with Gasteiger partial charge in [-0.15, -0.1) is 0 Å². The van der Waals surface area contributed by atoms with Crippen molar-refractivity contribution in [3.05, 3.63) is 163 Å². The second kappa shape index (κ2) is 10.1. The Balaban J connectivity index is 1.11. The first kappa shape index (κ1) is 26.7. The van der Waals surface area contributed by atoms with Crippen LogP contribution in [0.3, 0.4) is 0 Å². The lowest BCUT2D eigenvalue weighted by Gasteiger charge is -2.22. The molecule has 1 aromatic heterocycles. The van der Waals surface area contributed by atoms with Gasteiger partial charge >= 0.3 is 0 Å². The third-order valence-electron chi connectivity index (χ3n) is 10.4. The minimum Gasteiger partial charge on any atom is -0.485 e. The number of rotatable bonds is 3. The van der Waals surface area contributed by atoms with Crippen molar-refractivity contribution in [2.75, 3.05) is 0 Å². The van der Waals surface area contributed by atoms with Gasteiger partial charge in [0.1, 0.15) is 11.9 Å². The molecule has 2 atom stereocenters. The number of allylic oxidation sites excluding steroid dienone is 2. The highest BCUT2D eigenvalue weighted by Gasteiger charge is 2.39. The predicted octanol–water partition coefficient (Wildman–Crippen LogP) is 10.8. The summed E-state index contributed by atoms with van der Waals surface area (Å²) in [5, 5.41) is 7.34. The summed E-state index contributed by atoms with van der Waals surface area (Å²) in [4.78, 5) is 15.6. The minimum atomic E-state index is -0.144. The largest absolute Gasteiger partial charge is 0.485 e. The summed E-state index contributed by atoms with van der Waals surface area (Å²) in [6.45, 7) is 0. The van der Waals surface area contributed by atoms with Gasteiger partial charge in [0.25, 0.3) is 0 Å². The van der Waals surface area contributed by atoms with Gasteiger partial charge in [0.05, 0.1) is 5.92 Å². The Morgan fingerprint density at radius 1 is 0.490 bits per heavy atom. The van der Waals surface area contributed by atoms with Gasteiger partial charge in [-0.25, -0.2) is 15.0 Å². The molecule has 0 spiro atoms. The minimum absolute atomic E-state index is 0.0501. The Labute approximate surface area is 282 Å². The molecule has 0 fully saturated rings. The molecule has 0 saturated carbocycles. The molecule has 0 bridgehead atoms. The topological polar surface area (TPSA) is 47.9 Å². The zero-order valence-electron chi connectivity index (χ0n) is 26.3. The SMILES string of the molecule is C1=CC2Oc3cc4ccc5ccccc5c4cc3C2C(c2nc(-c3ccccc3)nc(-c3cc4c5c(cccc5c3)-c3ccccc3-4)n2)=C1. The second-order valence-electron chi connectivity index (χ2n) is 13.1. The zero-order valence-corrected chi connectivity index (χ0v) is 26.3. The van der Waals surface area contributed by atoms with Gasteiger partial charge in [-0.2, -0.15) is 0 Å². The molecule has 8 aromatic rings. The molecule has 49 heavy (non-hydrogen) atoms. The van der Waals surface area contributed by atoms with Crippen LogP contribution in [0, 0.1) is 0 Å². The summed E-state index contributed by atoms with van der Waals surface area (Å²) < 4.78 is 6.63. The van der Waals surface area contributed by atoms with Crippen LogP contribution in [0.15, 0.2) is 152 Å². The molecular formula is C45H27N3O. The van der Waals surface area contributed by atoms with Crippen molar-refractivity contribution in [1.82, 2.24) is 15.0 Å². The third kappa shape index (κ3) is 3.95. The zero-order chi connectivity index (χ0) is 32.1. The molecule has 3 aliphatic rings. The highest BCUT2D eigenvalue weighted by Crippen LogP contribution is 2.51. The number of ether oxygens (including phenoxy) is 1. The standard InChI is InChI=1S/C45H27N3O/c1-2-11-27(12-3-1)43-46-44(30-22-29-13-8-17-34-32-15-6-7-16-33(32)37(23-30)41(29)34)48-45(47-43)35-18-9-19-39-42(35)38-25-36-28(24-40(38)49-39)21-20-26-10-4-5-14-31(26)36/h1-25,39,42H. The Bertz CT molecular complexity index is 2760. The number of hydrogen-bond acceptors (Lipinski definition) is 4. The fraction of sp³-hybridized carbons (Fsp3) is 0.0444. The lowest BCUT2D eigenvalue weighted by atomic mass is 9.83. The summed E-state index contributed by atoms with van der Waals surface area (Å²) in [5.41, 5.74) is 9.14. The van der Waals surface area contributed by atoms with Crippen molar-refractivity contribution < 1.29 is 4.74 Å². The fourth-order valence-corrected chi connectivity index (χ4v) is 8.17. The molecule has 2 unspecified atom stereocenters. The van der Waals surface area contributed by atoms with E-state index in [1.54, 1.807) is 0 Å². The molecule has 4 heteroatoms. The molecule has 0 N–H and O–H groups in total. The quantitative estimate of drug-likeness (QED) is 0.183. The molecule has 11 rings (SSSR count). The van der Waals surface area contributed by atoms with E-state index in [9.17, 15) is 0 Å². The Morgan fingerprint density at radius 3 is 2.10 bits per heavy atom. The van der Waals surface area contributed by atoms with E-state index in [0.717, 1.165) is 28.0 Å². The van der Waals surface area contributed by atoms with Crippen LogP contribution in [0.2, 0.25) is 0 Å². The van der Waals surface area contributed by atoms with Crippen molar-refractivity contribution >= 4 is 37.9 Å². The molecule has 0 amide bonds. The molecule has 7 aromatic carbocycles. The van der Waals surface area contributed by atoms with Crippen LogP contribution in [0.5, 0.6) is 5.75 Å². The van der Waals surface area contributed by atoms with Crippen LogP contribution < -0.4 is 4.74 Å². The van der Waals surface area contributed by atoms with Crippen LogP contribution in [0.25, 0.3) is 82.9 Å². The van der Waals surface area contributed by atoms with E-state index in [4.69, 9.17) is 19.7 Å². The van der Waals surface area contributed by atoms with E-state index >= 15 is 0 Å². The van der Waals surface area contributed by atoms with E-state index in [-0.39, 0.29) is 12.0 Å². The van der Waals surface area contributed by atoms with E-state index < -0.39 is 0 Å². The molecule has 2 heterocycles. The van der Waals surface area contributed by atoms with Crippen LogP contribution >= 0.6 is 0 Å². The first-order valence-corrected chi connectivity index (χ1v) is 16.8.